The molecule has 2 rings (SSSR count). The van der Waals surface area contributed by atoms with Gasteiger partial charge >= 0.3 is 4.87 Å². The predicted molar refractivity (Wildman–Crippen MR) is 76.3 cm³/mol. The number of halogens is 1. The first-order valence-corrected chi connectivity index (χ1v) is 7.75. The highest BCUT2D eigenvalue weighted by atomic mass is 35.5. The molecule has 1 aromatic carbocycles. The lowest BCUT2D eigenvalue weighted by molar-refractivity contribution is 0.602. The fourth-order valence-electron chi connectivity index (χ4n) is 1.44. The van der Waals surface area contributed by atoms with Gasteiger partial charge in [-0.15, -0.1) is 0 Å². The van der Waals surface area contributed by atoms with Gasteiger partial charge in [-0.1, -0.05) is 22.9 Å². The van der Waals surface area contributed by atoms with E-state index in [1.165, 1.54) is 25.1 Å². The molecule has 0 aliphatic rings. The fourth-order valence-corrected chi connectivity index (χ4v) is 3.97. The molecule has 0 saturated carbocycles. The third-order valence-corrected chi connectivity index (χ3v) is 5.59. The minimum Gasteiger partial charge on any atom is -0.398 e. The molecule has 102 valence electrons. The van der Waals surface area contributed by atoms with Crippen LogP contribution in [0, 0.1) is 6.92 Å². The Morgan fingerprint density at radius 1 is 1.42 bits per heavy atom. The van der Waals surface area contributed by atoms with E-state index in [4.69, 9.17) is 17.3 Å². The lowest BCUT2D eigenvalue weighted by Gasteiger charge is -2.08. The summed E-state index contributed by atoms with van der Waals surface area (Å²) in [5.74, 6) is 0. The topological polar surface area (TPSA) is 105 Å². The lowest BCUT2D eigenvalue weighted by atomic mass is 10.3. The number of anilines is 2. The molecule has 2 aromatic rings. The van der Waals surface area contributed by atoms with Gasteiger partial charge in [0.15, 0.2) is 4.21 Å². The van der Waals surface area contributed by atoms with Crippen LogP contribution in [0.5, 0.6) is 0 Å². The van der Waals surface area contributed by atoms with Crippen molar-refractivity contribution in [1.82, 2.24) is 4.98 Å². The van der Waals surface area contributed by atoms with Gasteiger partial charge in [0.05, 0.1) is 16.4 Å². The van der Waals surface area contributed by atoms with Gasteiger partial charge in [0.25, 0.3) is 10.0 Å². The summed E-state index contributed by atoms with van der Waals surface area (Å²) in [4.78, 5) is 13.1. The number of sulfonamides is 1. The van der Waals surface area contributed by atoms with Gasteiger partial charge in [-0.05, 0) is 25.1 Å². The number of hydrogen-bond acceptors (Lipinski definition) is 5. The van der Waals surface area contributed by atoms with Gasteiger partial charge in [-0.3, -0.25) is 9.52 Å². The molecule has 4 N–H and O–H groups in total. The van der Waals surface area contributed by atoms with E-state index in [2.05, 4.69) is 9.71 Å². The minimum absolute atomic E-state index is 0.0505. The second-order valence-electron chi connectivity index (χ2n) is 3.77. The van der Waals surface area contributed by atoms with E-state index in [1.54, 1.807) is 0 Å². The molecule has 0 radical (unpaired) electrons. The van der Waals surface area contributed by atoms with Gasteiger partial charge < -0.3 is 10.7 Å². The summed E-state index contributed by atoms with van der Waals surface area (Å²) in [6.45, 7) is 1.52. The van der Waals surface area contributed by atoms with Crippen LogP contribution in [0.4, 0.5) is 11.4 Å². The van der Waals surface area contributed by atoms with Crippen molar-refractivity contribution in [3.63, 3.8) is 0 Å². The second kappa shape index (κ2) is 4.87. The molecule has 0 spiro atoms. The van der Waals surface area contributed by atoms with Crippen molar-refractivity contribution in [1.29, 1.82) is 0 Å². The second-order valence-corrected chi connectivity index (χ2v) is 7.04. The highest BCUT2D eigenvalue weighted by molar-refractivity contribution is 7.94. The number of nitrogens with one attached hydrogen (secondary N) is 2. The Kier molecular flexibility index (Phi) is 3.57. The maximum atomic E-state index is 12.1. The fraction of sp³-hybridized carbons (Fsp3) is 0.100. The number of aryl methyl sites for hydroxylation is 1. The van der Waals surface area contributed by atoms with E-state index in [9.17, 15) is 13.2 Å². The number of aromatic amines is 1. The van der Waals surface area contributed by atoms with Crippen LogP contribution >= 0.6 is 22.9 Å². The van der Waals surface area contributed by atoms with Crippen LogP contribution < -0.4 is 15.3 Å². The number of rotatable bonds is 3. The number of hydrogen-bond donors (Lipinski definition) is 3. The normalized spacial score (nSPS) is 11.5. The van der Waals surface area contributed by atoms with Gasteiger partial charge in [0.1, 0.15) is 0 Å². The van der Waals surface area contributed by atoms with E-state index in [0.717, 1.165) is 0 Å². The molecule has 0 fully saturated rings. The number of nitrogen functional groups attached to an aromatic ring is 1. The van der Waals surface area contributed by atoms with E-state index >= 15 is 0 Å². The summed E-state index contributed by atoms with van der Waals surface area (Å²) in [6.07, 6.45) is 0. The zero-order chi connectivity index (χ0) is 14.2. The molecule has 0 aliphatic carbocycles. The number of benzene rings is 1. The number of H-pyrrole nitrogens is 1. The number of aromatic nitrogens is 1. The molecule has 0 atom stereocenters. The summed E-state index contributed by atoms with van der Waals surface area (Å²) in [5, 5.41) is 0.249. The largest absolute Gasteiger partial charge is 0.398 e. The summed E-state index contributed by atoms with van der Waals surface area (Å²) >= 11 is 6.44. The van der Waals surface area contributed by atoms with Crippen LogP contribution in [0.1, 0.15) is 5.69 Å². The van der Waals surface area contributed by atoms with Gasteiger partial charge in [0.2, 0.25) is 0 Å². The van der Waals surface area contributed by atoms with E-state index < -0.39 is 14.9 Å². The highest BCUT2D eigenvalue weighted by Crippen LogP contribution is 2.25. The summed E-state index contributed by atoms with van der Waals surface area (Å²) in [5.41, 5.74) is 6.46. The van der Waals surface area contributed by atoms with Crippen LogP contribution in [-0.2, 0) is 10.0 Å². The average Bonchev–Trinajstić information content (AvgIpc) is 2.63. The van der Waals surface area contributed by atoms with E-state index in [1.807, 2.05) is 0 Å². The molecular weight excluding hydrogens is 310 g/mol. The maximum absolute atomic E-state index is 12.1. The van der Waals surface area contributed by atoms with Crippen molar-refractivity contribution >= 4 is 44.3 Å². The van der Waals surface area contributed by atoms with Crippen molar-refractivity contribution in [3.05, 3.63) is 38.6 Å². The summed E-state index contributed by atoms with van der Waals surface area (Å²) in [7, 11) is -3.81. The lowest BCUT2D eigenvalue weighted by Crippen LogP contribution is -2.12. The first-order valence-electron chi connectivity index (χ1n) is 5.07. The Hall–Kier alpha value is -1.51. The summed E-state index contributed by atoms with van der Waals surface area (Å²) in [6, 6.07) is 4.38. The van der Waals surface area contributed by atoms with Gasteiger partial charge in [0, 0.05) is 5.69 Å². The third kappa shape index (κ3) is 2.91. The van der Waals surface area contributed by atoms with Crippen LogP contribution in [0.25, 0.3) is 0 Å². The Morgan fingerprint density at radius 2 is 2.11 bits per heavy atom. The molecule has 1 heterocycles. The SMILES string of the molecule is Cc1[nH]c(=O)sc1S(=O)(=O)Nc1ccc(N)c(Cl)c1. The molecule has 0 bridgehead atoms. The Balaban J connectivity index is 2.39. The van der Waals surface area contributed by atoms with Crippen molar-refractivity contribution < 1.29 is 8.42 Å². The molecule has 9 heteroatoms. The molecule has 1 aromatic heterocycles. The highest BCUT2D eigenvalue weighted by Gasteiger charge is 2.20. The quantitative estimate of drug-likeness (QED) is 0.750. The van der Waals surface area contributed by atoms with Crippen molar-refractivity contribution in [2.75, 3.05) is 10.5 Å². The average molecular weight is 320 g/mol. The monoisotopic (exact) mass is 319 g/mol. The molecule has 0 saturated heterocycles. The maximum Gasteiger partial charge on any atom is 0.306 e. The first kappa shape index (κ1) is 13.9. The van der Waals surface area contributed by atoms with Gasteiger partial charge in [-0.2, -0.15) is 0 Å². The predicted octanol–water partition coefficient (Wildman–Crippen LogP) is 1.78. The van der Waals surface area contributed by atoms with Crippen molar-refractivity contribution in [3.8, 4) is 0 Å². The third-order valence-electron chi connectivity index (χ3n) is 2.28. The van der Waals surface area contributed by atoms with Gasteiger partial charge in [-0.25, -0.2) is 8.42 Å². The Morgan fingerprint density at radius 3 is 2.63 bits per heavy atom. The van der Waals surface area contributed by atoms with Crippen molar-refractivity contribution in [2.45, 2.75) is 11.1 Å². The van der Waals surface area contributed by atoms with Crippen LogP contribution in [-0.4, -0.2) is 13.4 Å². The number of nitrogens with two attached hydrogens (primary N) is 1. The zero-order valence-electron chi connectivity index (χ0n) is 9.73. The molecule has 6 nitrogen and oxygen atoms in total. The first-order chi connectivity index (χ1) is 8.79. The van der Waals surface area contributed by atoms with Crippen LogP contribution in [0.2, 0.25) is 5.02 Å². The van der Waals surface area contributed by atoms with E-state index in [0.29, 0.717) is 22.7 Å². The minimum atomic E-state index is -3.81. The molecule has 0 unspecified atom stereocenters. The standard InChI is InChI=1S/C10H10ClN3O3S2/c1-5-9(18-10(15)13-5)19(16,17)14-6-2-3-8(12)7(11)4-6/h2-4,14H,12H2,1H3,(H,13,15). The Labute approximate surface area is 118 Å². The van der Waals surface area contributed by atoms with E-state index in [-0.39, 0.29) is 14.9 Å². The number of thiazole rings is 1. The Bertz CT molecular complexity index is 780. The smallest absolute Gasteiger partial charge is 0.306 e. The van der Waals surface area contributed by atoms with Crippen molar-refractivity contribution in [2.24, 2.45) is 0 Å². The molecule has 19 heavy (non-hydrogen) atoms. The zero-order valence-corrected chi connectivity index (χ0v) is 12.1. The molecule has 0 aliphatic heterocycles. The molecular formula is C10H10ClN3O3S2. The molecule has 0 amide bonds. The van der Waals surface area contributed by atoms with Crippen LogP contribution in [0.15, 0.2) is 27.2 Å². The summed E-state index contributed by atoms with van der Waals surface area (Å²) < 4.78 is 26.5. The van der Waals surface area contributed by atoms with Crippen LogP contribution in [0.3, 0.4) is 0 Å².